The molecule has 0 aliphatic carbocycles. The van der Waals surface area contributed by atoms with E-state index in [9.17, 15) is 18.4 Å². The average Bonchev–Trinajstić information content (AvgIpc) is 2.52. The lowest BCUT2D eigenvalue weighted by atomic mass is 10.1. The summed E-state index contributed by atoms with van der Waals surface area (Å²) in [4.78, 5) is 23.9. The molecule has 2 rings (SSSR count). The predicted molar refractivity (Wildman–Crippen MR) is 85.4 cm³/mol. The van der Waals surface area contributed by atoms with Gasteiger partial charge in [-0.2, -0.15) is 0 Å². The van der Waals surface area contributed by atoms with E-state index >= 15 is 0 Å². The second-order valence-corrected chi connectivity index (χ2v) is 4.73. The van der Waals surface area contributed by atoms with Crippen LogP contribution in [-0.4, -0.2) is 26.1 Å². The van der Waals surface area contributed by atoms with E-state index in [1.807, 2.05) is 0 Å². The highest BCUT2D eigenvalue weighted by Gasteiger charge is 2.14. The molecule has 3 amide bonds. The summed E-state index contributed by atoms with van der Waals surface area (Å²) in [6.07, 6.45) is 0. The molecule has 0 aromatic heterocycles. The maximum Gasteiger partial charge on any atom is 0.323 e. The summed E-state index contributed by atoms with van der Waals surface area (Å²) in [7, 11) is 2.89. The number of ether oxygens (including phenoxy) is 1. The fourth-order valence-corrected chi connectivity index (χ4v) is 2.00. The van der Waals surface area contributed by atoms with Crippen molar-refractivity contribution in [1.82, 2.24) is 5.32 Å². The van der Waals surface area contributed by atoms with Crippen molar-refractivity contribution < 1.29 is 23.1 Å². The Morgan fingerprint density at radius 2 is 1.67 bits per heavy atom. The van der Waals surface area contributed by atoms with Crippen LogP contribution in [-0.2, 0) is 0 Å². The topological polar surface area (TPSA) is 79.5 Å². The Bertz CT molecular complexity index is 761. The summed E-state index contributed by atoms with van der Waals surface area (Å²) in [5.41, 5.74) is 0.330. The minimum Gasteiger partial charge on any atom is -0.497 e. The van der Waals surface area contributed by atoms with Crippen molar-refractivity contribution in [2.24, 2.45) is 0 Å². The molecule has 2 aromatic rings. The van der Waals surface area contributed by atoms with Gasteiger partial charge >= 0.3 is 6.03 Å². The number of benzene rings is 2. The molecule has 0 spiro atoms. The SMILES string of the molecule is CNC(=O)c1ccc(OC)cc1NC(=O)Nc1cc(F)cc(F)c1. The molecule has 24 heavy (non-hydrogen) atoms. The molecular weight excluding hydrogens is 320 g/mol. The molecule has 8 heteroatoms. The molecule has 0 saturated carbocycles. The van der Waals surface area contributed by atoms with E-state index in [1.54, 1.807) is 6.07 Å². The first-order valence-corrected chi connectivity index (χ1v) is 6.87. The van der Waals surface area contributed by atoms with Crippen molar-refractivity contribution in [2.45, 2.75) is 0 Å². The number of anilines is 2. The average molecular weight is 335 g/mol. The van der Waals surface area contributed by atoms with Crippen molar-refractivity contribution in [3.8, 4) is 5.75 Å². The van der Waals surface area contributed by atoms with Crippen LogP contribution < -0.4 is 20.7 Å². The number of carbonyl (C=O) groups excluding carboxylic acids is 2. The number of amides is 3. The molecule has 0 atom stereocenters. The van der Waals surface area contributed by atoms with Gasteiger partial charge in [0, 0.05) is 24.9 Å². The molecule has 6 nitrogen and oxygen atoms in total. The van der Waals surface area contributed by atoms with Crippen LogP contribution in [0.2, 0.25) is 0 Å². The maximum absolute atomic E-state index is 13.1. The monoisotopic (exact) mass is 335 g/mol. The van der Waals surface area contributed by atoms with Gasteiger partial charge in [-0.05, 0) is 24.3 Å². The molecule has 3 N–H and O–H groups in total. The van der Waals surface area contributed by atoms with Crippen LogP contribution in [0.1, 0.15) is 10.4 Å². The molecule has 0 aliphatic heterocycles. The van der Waals surface area contributed by atoms with Crippen LogP contribution in [0.25, 0.3) is 0 Å². The molecule has 0 heterocycles. The van der Waals surface area contributed by atoms with Crippen molar-refractivity contribution in [3.05, 3.63) is 53.6 Å². The van der Waals surface area contributed by atoms with Gasteiger partial charge in [0.1, 0.15) is 17.4 Å². The van der Waals surface area contributed by atoms with Crippen LogP contribution in [0.4, 0.5) is 25.0 Å². The first kappa shape index (κ1) is 17.2. The summed E-state index contributed by atoms with van der Waals surface area (Å²) in [5.74, 6) is -1.63. The van der Waals surface area contributed by atoms with Gasteiger partial charge in [-0.15, -0.1) is 0 Å². The standard InChI is InChI=1S/C16H15F2N3O3/c1-19-15(22)13-4-3-12(24-2)8-14(13)21-16(23)20-11-6-9(17)5-10(18)7-11/h3-8H,1-2H3,(H,19,22)(H2,20,21,23). The summed E-state index contributed by atoms with van der Waals surface area (Å²) >= 11 is 0. The van der Waals surface area contributed by atoms with Gasteiger partial charge in [0.2, 0.25) is 0 Å². The van der Waals surface area contributed by atoms with E-state index in [0.29, 0.717) is 11.8 Å². The van der Waals surface area contributed by atoms with E-state index in [2.05, 4.69) is 16.0 Å². The molecule has 0 radical (unpaired) electrons. The Balaban J connectivity index is 2.22. The predicted octanol–water partition coefficient (Wildman–Crippen LogP) is 2.98. The molecule has 2 aromatic carbocycles. The lowest BCUT2D eigenvalue weighted by molar-refractivity contribution is 0.0964. The molecule has 126 valence electrons. The largest absolute Gasteiger partial charge is 0.497 e. The summed E-state index contributed by atoms with van der Waals surface area (Å²) < 4.78 is 31.3. The van der Waals surface area contributed by atoms with E-state index in [0.717, 1.165) is 12.1 Å². The van der Waals surface area contributed by atoms with Gasteiger partial charge in [0.25, 0.3) is 5.91 Å². The zero-order valence-corrected chi connectivity index (χ0v) is 12.9. The lowest BCUT2D eigenvalue weighted by Gasteiger charge is -2.13. The number of rotatable bonds is 4. The van der Waals surface area contributed by atoms with Crippen LogP contribution in [0, 0.1) is 11.6 Å². The summed E-state index contributed by atoms with van der Waals surface area (Å²) in [6.45, 7) is 0. The van der Waals surface area contributed by atoms with E-state index in [-0.39, 0.29) is 16.9 Å². The van der Waals surface area contributed by atoms with Crippen molar-refractivity contribution in [2.75, 3.05) is 24.8 Å². The smallest absolute Gasteiger partial charge is 0.323 e. The van der Waals surface area contributed by atoms with Gasteiger partial charge in [0.05, 0.1) is 18.4 Å². The minimum absolute atomic E-state index is 0.0608. The van der Waals surface area contributed by atoms with Crippen LogP contribution >= 0.6 is 0 Å². The normalized spacial score (nSPS) is 10.0. The van der Waals surface area contributed by atoms with Gasteiger partial charge in [0.15, 0.2) is 0 Å². The van der Waals surface area contributed by atoms with Gasteiger partial charge < -0.3 is 20.7 Å². The number of urea groups is 1. The molecular formula is C16H15F2N3O3. The highest BCUT2D eigenvalue weighted by Crippen LogP contribution is 2.23. The van der Waals surface area contributed by atoms with Crippen molar-refractivity contribution in [3.63, 3.8) is 0 Å². The second kappa shape index (κ2) is 7.40. The third-order valence-corrected chi connectivity index (χ3v) is 3.07. The number of methoxy groups -OCH3 is 1. The van der Waals surface area contributed by atoms with E-state index in [1.165, 1.54) is 26.3 Å². The quantitative estimate of drug-likeness (QED) is 0.804. The van der Waals surface area contributed by atoms with Crippen molar-refractivity contribution >= 4 is 23.3 Å². The highest BCUT2D eigenvalue weighted by atomic mass is 19.1. The zero-order valence-electron chi connectivity index (χ0n) is 12.9. The molecule has 0 aliphatic rings. The highest BCUT2D eigenvalue weighted by molar-refractivity contribution is 6.06. The first-order chi connectivity index (χ1) is 11.4. The van der Waals surface area contributed by atoms with E-state index in [4.69, 9.17) is 4.74 Å². The Labute approximate surface area is 136 Å². The van der Waals surface area contributed by atoms with E-state index < -0.39 is 23.6 Å². The minimum atomic E-state index is -0.822. The second-order valence-electron chi connectivity index (χ2n) is 4.73. The number of nitrogens with one attached hydrogen (secondary N) is 3. The molecule has 0 fully saturated rings. The Morgan fingerprint density at radius 3 is 2.25 bits per heavy atom. The number of halogens is 2. The maximum atomic E-state index is 13.1. The van der Waals surface area contributed by atoms with Gasteiger partial charge in [-0.3, -0.25) is 4.79 Å². The van der Waals surface area contributed by atoms with Crippen LogP contribution in [0.5, 0.6) is 5.75 Å². The third-order valence-electron chi connectivity index (χ3n) is 3.07. The fraction of sp³-hybridized carbons (Fsp3) is 0.125. The number of hydrogen-bond acceptors (Lipinski definition) is 3. The lowest BCUT2D eigenvalue weighted by Crippen LogP contribution is -2.24. The Morgan fingerprint density at radius 1 is 1.00 bits per heavy atom. The molecule has 0 saturated heterocycles. The fourth-order valence-electron chi connectivity index (χ4n) is 2.00. The number of hydrogen-bond donors (Lipinski definition) is 3. The third kappa shape index (κ3) is 4.19. The van der Waals surface area contributed by atoms with Crippen molar-refractivity contribution in [1.29, 1.82) is 0 Å². The summed E-state index contributed by atoms with van der Waals surface area (Å²) in [5, 5.41) is 7.19. The Kier molecular flexibility index (Phi) is 5.31. The molecule has 0 unspecified atom stereocenters. The molecule has 0 bridgehead atoms. The van der Waals surface area contributed by atoms with Crippen LogP contribution in [0.3, 0.4) is 0 Å². The number of carbonyl (C=O) groups is 2. The zero-order chi connectivity index (χ0) is 17.7. The first-order valence-electron chi connectivity index (χ1n) is 6.87. The summed E-state index contributed by atoms with van der Waals surface area (Å²) in [6, 6.07) is 6.36. The van der Waals surface area contributed by atoms with Gasteiger partial charge in [-0.25, -0.2) is 13.6 Å². The van der Waals surface area contributed by atoms with Gasteiger partial charge in [-0.1, -0.05) is 0 Å². The van der Waals surface area contributed by atoms with Crippen LogP contribution in [0.15, 0.2) is 36.4 Å². The Hall–Kier alpha value is -3.16.